The number of likely N-dealkylation sites (N-methyl/N-ethyl adjacent to an activating group) is 1. The molecular weight excluding hydrogens is 276 g/mol. The van der Waals surface area contributed by atoms with Crippen molar-refractivity contribution in [3.05, 3.63) is 18.3 Å². The van der Waals surface area contributed by atoms with E-state index in [9.17, 15) is 8.42 Å². The highest BCUT2D eigenvalue weighted by Crippen LogP contribution is 2.10. The first-order valence-corrected chi connectivity index (χ1v) is 8.36. The molecule has 0 radical (unpaired) electrons. The summed E-state index contributed by atoms with van der Waals surface area (Å²) in [5.74, 6) is 0.691. The number of aromatic nitrogens is 1. The summed E-state index contributed by atoms with van der Waals surface area (Å²) in [5, 5.41) is 3.11. The fraction of sp³-hybridized carbons (Fsp3) is 0.615. The normalized spacial score (nSPS) is 11.8. The van der Waals surface area contributed by atoms with Gasteiger partial charge < -0.3 is 10.2 Å². The van der Waals surface area contributed by atoms with Crippen LogP contribution in [0.25, 0.3) is 0 Å². The molecule has 0 unspecified atom stereocenters. The second-order valence-corrected chi connectivity index (χ2v) is 6.37. The van der Waals surface area contributed by atoms with Gasteiger partial charge in [-0.05, 0) is 32.1 Å². The summed E-state index contributed by atoms with van der Waals surface area (Å²) in [4.78, 5) is 6.33. The molecule has 0 atom stereocenters. The Morgan fingerprint density at radius 2 is 2.00 bits per heavy atom. The maximum Gasteiger partial charge on any atom is 0.242 e. The number of nitrogens with one attached hydrogen (secondary N) is 2. The molecule has 6 nitrogen and oxygen atoms in total. The molecule has 0 amide bonds. The van der Waals surface area contributed by atoms with E-state index in [0.29, 0.717) is 18.9 Å². The minimum absolute atomic E-state index is 0.193. The van der Waals surface area contributed by atoms with Gasteiger partial charge in [0.1, 0.15) is 10.7 Å². The lowest BCUT2D eigenvalue weighted by Gasteiger charge is -2.14. The monoisotopic (exact) mass is 300 g/mol. The minimum Gasteiger partial charge on any atom is -0.370 e. The summed E-state index contributed by atoms with van der Waals surface area (Å²) in [5.41, 5.74) is 0. The first kappa shape index (κ1) is 16.9. The third-order valence-corrected chi connectivity index (χ3v) is 4.37. The molecule has 1 aromatic heterocycles. The fourth-order valence-corrected chi connectivity index (χ4v) is 2.47. The van der Waals surface area contributed by atoms with Crippen molar-refractivity contribution in [2.75, 3.05) is 38.5 Å². The predicted molar refractivity (Wildman–Crippen MR) is 81.4 cm³/mol. The summed E-state index contributed by atoms with van der Waals surface area (Å²) < 4.78 is 26.6. The Kier molecular flexibility index (Phi) is 6.90. The Balaban J connectivity index is 2.58. The van der Waals surface area contributed by atoms with E-state index < -0.39 is 10.0 Å². The quantitative estimate of drug-likeness (QED) is 0.715. The van der Waals surface area contributed by atoms with Gasteiger partial charge in [-0.25, -0.2) is 18.1 Å². The number of anilines is 1. The summed E-state index contributed by atoms with van der Waals surface area (Å²) in [7, 11) is -1.52. The lowest BCUT2D eigenvalue weighted by molar-refractivity contribution is 0.358. The van der Waals surface area contributed by atoms with Crippen LogP contribution in [0.1, 0.15) is 20.3 Å². The Hall–Kier alpha value is -1.18. The number of hydrogen-bond acceptors (Lipinski definition) is 5. The SMILES string of the molecule is CCCNc1ccc(S(=O)(=O)NCCN(C)CC)cn1. The molecule has 0 aliphatic rings. The van der Waals surface area contributed by atoms with Crippen LogP contribution < -0.4 is 10.0 Å². The average Bonchev–Trinajstić information content (AvgIpc) is 2.45. The van der Waals surface area contributed by atoms with Crippen LogP contribution in [0.5, 0.6) is 0 Å². The lowest BCUT2D eigenvalue weighted by atomic mass is 10.4. The van der Waals surface area contributed by atoms with Crippen LogP contribution in [0, 0.1) is 0 Å². The van der Waals surface area contributed by atoms with Crippen molar-refractivity contribution in [1.29, 1.82) is 0 Å². The summed E-state index contributed by atoms with van der Waals surface area (Å²) in [6.07, 6.45) is 2.37. The second-order valence-electron chi connectivity index (χ2n) is 4.60. The highest BCUT2D eigenvalue weighted by Gasteiger charge is 2.13. The van der Waals surface area contributed by atoms with Gasteiger partial charge in [0, 0.05) is 25.8 Å². The highest BCUT2D eigenvalue weighted by atomic mass is 32.2. The molecule has 114 valence electrons. The van der Waals surface area contributed by atoms with Gasteiger partial charge in [-0.2, -0.15) is 0 Å². The Labute approximate surface area is 121 Å². The van der Waals surface area contributed by atoms with E-state index in [1.807, 2.05) is 18.9 Å². The molecule has 1 rings (SSSR count). The molecule has 0 aliphatic heterocycles. The number of sulfonamides is 1. The average molecular weight is 300 g/mol. The summed E-state index contributed by atoms with van der Waals surface area (Å²) >= 11 is 0. The molecule has 1 heterocycles. The molecule has 7 heteroatoms. The molecule has 2 N–H and O–H groups in total. The largest absolute Gasteiger partial charge is 0.370 e. The van der Waals surface area contributed by atoms with Gasteiger partial charge in [0.2, 0.25) is 10.0 Å². The fourth-order valence-electron chi connectivity index (χ4n) is 1.51. The minimum atomic E-state index is -3.47. The van der Waals surface area contributed by atoms with E-state index in [1.165, 1.54) is 6.20 Å². The van der Waals surface area contributed by atoms with E-state index in [4.69, 9.17) is 0 Å². The molecule has 1 aromatic rings. The van der Waals surface area contributed by atoms with Crippen molar-refractivity contribution in [1.82, 2.24) is 14.6 Å². The molecular formula is C13H24N4O2S. The zero-order valence-corrected chi connectivity index (χ0v) is 13.2. The molecule has 0 aliphatic carbocycles. The van der Waals surface area contributed by atoms with Crippen LogP contribution in [0.3, 0.4) is 0 Å². The zero-order chi connectivity index (χ0) is 15.0. The second kappa shape index (κ2) is 8.18. The van der Waals surface area contributed by atoms with E-state index in [-0.39, 0.29) is 4.90 Å². The van der Waals surface area contributed by atoms with Crippen LogP contribution in [-0.4, -0.2) is 51.5 Å². The van der Waals surface area contributed by atoms with Crippen LogP contribution >= 0.6 is 0 Å². The molecule has 0 spiro atoms. The first-order chi connectivity index (χ1) is 9.49. The van der Waals surface area contributed by atoms with Crippen LogP contribution in [0.4, 0.5) is 5.82 Å². The number of rotatable bonds is 9. The van der Waals surface area contributed by atoms with E-state index in [0.717, 1.165) is 19.5 Å². The van der Waals surface area contributed by atoms with Gasteiger partial charge in [0.05, 0.1) is 0 Å². The van der Waals surface area contributed by atoms with Crippen molar-refractivity contribution in [2.24, 2.45) is 0 Å². The topological polar surface area (TPSA) is 74.3 Å². The van der Waals surface area contributed by atoms with Crippen molar-refractivity contribution in [3.8, 4) is 0 Å². The van der Waals surface area contributed by atoms with Gasteiger partial charge in [-0.15, -0.1) is 0 Å². The van der Waals surface area contributed by atoms with Gasteiger partial charge >= 0.3 is 0 Å². The molecule has 0 aromatic carbocycles. The summed E-state index contributed by atoms with van der Waals surface area (Å²) in [6.45, 7) is 6.87. The molecule has 0 fully saturated rings. The van der Waals surface area contributed by atoms with Crippen molar-refractivity contribution in [3.63, 3.8) is 0 Å². The smallest absolute Gasteiger partial charge is 0.242 e. The summed E-state index contributed by atoms with van der Waals surface area (Å²) in [6, 6.07) is 3.25. The predicted octanol–water partition coefficient (Wildman–Crippen LogP) is 1.13. The van der Waals surface area contributed by atoms with Crippen LogP contribution in [0.15, 0.2) is 23.2 Å². The van der Waals surface area contributed by atoms with E-state index in [2.05, 4.69) is 21.9 Å². The van der Waals surface area contributed by atoms with Gasteiger partial charge in [0.15, 0.2) is 0 Å². The Bertz CT molecular complexity index is 488. The van der Waals surface area contributed by atoms with E-state index >= 15 is 0 Å². The first-order valence-electron chi connectivity index (χ1n) is 6.87. The third-order valence-electron chi connectivity index (χ3n) is 2.93. The third kappa shape index (κ3) is 5.44. The highest BCUT2D eigenvalue weighted by molar-refractivity contribution is 7.89. The molecule has 0 bridgehead atoms. The molecule has 20 heavy (non-hydrogen) atoms. The van der Waals surface area contributed by atoms with Crippen LogP contribution in [-0.2, 0) is 10.0 Å². The Morgan fingerprint density at radius 3 is 2.55 bits per heavy atom. The van der Waals surface area contributed by atoms with Crippen LogP contribution in [0.2, 0.25) is 0 Å². The van der Waals surface area contributed by atoms with Gasteiger partial charge in [-0.3, -0.25) is 0 Å². The van der Waals surface area contributed by atoms with Crippen molar-refractivity contribution < 1.29 is 8.42 Å². The molecule has 0 saturated heterocycles. The lowest BCUT2D eigenvalue weighted by Crippen LogP contribution is -2.32. The van der Waals surface area contributed by atoms with Gasteiger partial charge in [-0.1, -0.05) is 13.8 Å². The standard InChI is InChI=1S/C13H24N4O2S/c1-4-8-14-13-7-6-12(11-15-13)20(18,19)16-9-10-17(3)5-2/h6-7,11,16H,4-5,8-10H2,1-3H3,(H,14,15). The van der Waals surface area contributed by atoms with Crippen molar-refractivity contribution >= 4 is 15.8 Å². The number of pyridine rings is 1. The number of hydrogen-bond donors (Lipinski definition) is 2. The Morgan fingerprint density at radius 1 is 1.25 bits per heavy atom. The number of nitrogens with zero attached hydrogens (tertiary/aromatic N) is 2. The maximum absolute atomic E-state index is 12.0. The zero-order valence-electron chi connectivity index (χ0n) is 12.4. The molecule has 0 saturated carbocycles. The maximum atomic E-state index is 12.0. The van der Waals surface area contributed by atoms with Crippen molar-refractivity contribution in [2.45, 2.75) is 25.2 Å². The van der Waals surface area contributed by atoms with Gasteiger partial charge in [0.25, 0.3) is 0 Å². The van der Waals surface area contributed by atoms with E-state index in [1.54, 1.807) is 12.1 Å².